The summed E-state index contributed by atoms with van der Waals surface area (Å²) in [6.45, 7) is 0. The lowest BCUT2D eigenvalue weighted by Gasteiger charge is -2.12. The van der Waals surface area contributed by atoms with Crippen LogP contribution in [0.15, 0.2) is 36.4 Å². The SMILES string of the molecule is COc1cc([N+](=O)[O-])ccc1Oc1c(F)cccc1C=O. The van der Waals surface area contributed by atoms with E-state index in [-0.39, 0.29) is 28.5 Å². The number of nitro benzene ring substituents is 1. The van der Waals surface area contributed by atoms with Gasteiger partial charge in [-0.3, -0.25) is 14.9 Å². The molecule has 6 nitrogen and oxygen atoms in total. The second kappa shape index (κ2) is 6.00. The van der Waals surface area contributed by atoms with Gasteiger partial charge in [-0.1, -0.05) is 6.07 Å². The number of rotatable bonds is 5. The van der Waals surface area contributed by atoms with Crippen LogP contribution in [0.25, 0.3) is 0 Å². The van der Waals surface area contributed by atoms with Crippen LogP contribution in [0, 0.1) is 15.9 Å². The molecule has 0 aromatic heterocycles. The second-order valence-corrected chi connectivity index (χ2v) is 3.97. The van der Waals surface area contributed by atoms with Gasteiger partial charge in [-0.05, 0) is 18.2 Å². The molecule has 0 bridgehead atoms. The maximum atomic E-state index is 13.7. The zero-order valence-electron chi connectivity index (χ0n) is 10.9. The van der Waals surface area contributed by atoms with Gasteiger partial charge in [0.2, 0.25) is 0 Å². The summed E-state index contributed by atoms with van der Waals surface area (Å²) < 4.78 is 24.0. The Hall–Kier alpha value is -2.96. The highest BCUT2D eigenvalue weighted by Crippen LogP contribution is 2.36. The van der Waals surface area contributed by atoms with E-state index < -0.39 is 10.7 Å². The van der Waals surface area contributed by atoms with Crippen LogP contribution in [0.1, 0.15) is 10.4 Å². The minimum absolute atomic E-state index is 0.0235. The van der Waals surface area contributed by atoms with E-state index in [1.54, 1.807) is 0 Å². The van der Waals surface area contributed by atoms with Crippen LogP contribution >= 0.6 is 0 Å². The van der Waals surface area contributed by atoms with Crippen molar-refractivity contribution >= 4 is 12.0 Å². The third-order valence-corrected chi connectivity index (χ3v) is 2.69. The molecule has 2 aromatic rings. The van der Waals surface area contributed by atoms with Gasteiger partial charge in [0.25, 0.3) is 5.69 Å². The first-order valence-corrected chi connectivity index (χ1v) is 5.80. The zero-order chi connectivity index (χ0) is 15.4. The molecule has 0 fully saturated rings. The standard InChI is InChI=1S/C14H10FNO5/c1-20-13-7-10(16(18)19)5-6-12(13)21-14-9(8-17)3-2-4-11(14)15/h2-8H,1H3. The smallest absolute Gasteiger partial charge is 0.273 e. The summed E-state index contributed by atoms with van der Waals surface area (Å²) in [5, 5.41) is 10.7. The van der Waals surface area contributed by atoms with Crippen LogP contribution in [-0.2, 0) is 0 Å². The fraction of sp³-hybridized carbons (Fsp3) is 0.0714. The zero-order valence-corrected chi connectivity index (χ0v) is 10.9. The average Bonchev–Trinajstić information content (AvgIpc) is 2.49. The molecular formula is C14H10FNO5. The highest BCUT2D eigenvalue weighted by Gasteiger charge is 2.16. The summed E-state index contributed by atoms with van der Waals surface area (Å²) in [6, 6.07) is 7.52. The molecule has 2 aromatic carbocycles. The molecule has 0 spiro atoms. The number of hydrogen-bond acceptors (Lipinski definition) is 5. The maximum absolute atomic E-state index is 13.7. The van der Waals surface area contributed by atoms with Crippen molar-refractivity contribution in [2.75, 3.05) is 7.11 Å². The van der Waals surface area contributed by atoms with Gasteiger partial charge in [0.15, 0.2) is 29.4 Å². The molecule has 0 amide bonds. The lowest BCUT2D eigenvalue weighted by Crippen LogP contribution is -1.97. The summed E-state index contributed by atoms with van der Waals surface area (Å²) in [5.74, 6) is -0.861. The maximum Gasteiger partial charge on any atom is 0.273 e. The molecule has 0 aliphatic rings. The largest absolute Gasteiger partial charge is 0.493 e. The van der Waals surface area contributed by atoms with E-state index in [2.05, 4.69) is 0 Å². The van der Waals surface area contributed by atoms with Crippen LogP contribution in [0.2, 0.25) is 0 Å². The van der Waals surface area contributed by atoms with E-state index in [9.17, 15) is 19.3 Å². The first-order chi connectivity index (χ1) is 10.1. The molecule has 21 heavy (non-hydrogen) atoms. The van der Waals surface area contributed by atoms with Crippen LogP contribution in [0.5, 0.6) is 17.2 Å². The minimum Gasteiger partial charge on any atom is -0.493 e. The predicted octanol–water partition coefficient (Wildman–Crippen LogP) is 3.35. The van der Waals surface area contributed by atoms with Gasteiger partial charge in [0.05, 0.1) is 23.7 Å². The molecular weight excluding hydrogens is 281 g/mol. The lowest BCUT2D eigenvalue weighted by molar-refractivity contribution is -0.384. The Labute approximate surface area is 118 Å². The Bertz CT molecular complexity index is 702. The summed E-state index contributed by atoms with van der Waals surface area (Å²) in [6.07, 6.45) is 0.455. The molecule has 0 atom stereocenters. The van der Waals surface area contributed by atoms with Gasteiger partial charge in [0, 0.05) is 6.07 Å². The van der Waals surface area contributed by atoms with Crippen LogP contribution in [0.4, 0.5) is 10.1 Å². The Balaban J connectivity index is 2.45. The third-order valence-electron chi connectivity index (χ3n) is 2.69. The number of halogens is 1. The number of nitrogens with zero attached hydrogens (tertiary/aromatic N) is 1. The summed E-state index contributed by atoms with van der Waals surface area (Å²) in [5.41, 5.74) is -0.168. The fourth-order valence-corrected chi connectivity index (χ4v) is 1.69. The summed E-state index contributed by atoms with van der Waals surface area (Å²) in [4.78, 5) is 21.0. The number of para-hydroxylation sites is 1. The molecule has 0 saturated carbocycles. The van der Waals surface area contributed by atoms with Crippen molar-refractivity contribution in [3.63, 3.8) is 0 Å². The fourth-order valence-electron chi connectivity index (χ4n) is 1.69. The van der Waals surface area contributed by atoms with E-state index in [4.69, 9.17) is 9.47 Å². The van der Waals surface area contributed by atoms with Crippen molar-refractivity contribution in [1.29, 1.82) is 0 Å². The van der Waals surface area contributed by atoms with Gasteiger partial charge in [-0.2, -0.15) is 0 Å². The molecule has 0 radical (unpaired) electrons. The molecule has 0 heterocycles. The Morgan fingerprint density at radius 3 is 2.62 bits per heavy atom. The van der Waals surface area contributed by atoms with Gasteiger partial charge < -0.3 is 9.47 Å². The van der Waals surface area contributed by atoms with Crippen LogP contribution < -0.4 is 9.47 Å². The second-order valence-electron chi connectivity index (χ2n) is 3.97. The van der Waals surface area contributed by atoms with Crippen molar-refractivity contribution in [2.24, 2.45) is 0 Å². The van der Waals surface area contributed by atoms with Crippen LogP contribution in [0.3, 0.4) is 0 Å². The quantitative estimate of drug-likeness (QED) is 0.479. The first kappa shape index (κ1) is 14.4. The topological polar surface area (TPSA) is 78.7 Å². The molecule has 0 aliphatic heterocycles. The van der Waals surface area contributed by atoms with E-state index in [1.807, 2.05) is 0 Å². The molecule has 2 rings (SSSR count). The van der Waals surface area contributed by atoms with Crippen molar-refractivity contribution in [2.45, 2.75) is 0 Å². The summed E-state index contributed by atoms with van der Waals surface area (Å²) >= 11 is 0. The molecule has 0 unspecified atom stereocenters. The Morgan fingerprint density at radius 2 is 2.00 bits per heavy atom. The monoisotopic (exact) mass is 291 g/mol. The first-order valence-electron chi connectivity index (χ1n) is 5.80. The number of aldehydes is 1. The third kappa shape index (κ3) is 2.97. The van der Waals surface area contributed by atoms with E-state index in [0.717, 1.165) is 12.1 Å². The average molecular weight is 291 g/mol. The summed E-state index contributed by atoms with van der Waals surface area (Å²) in [7, 11) is 1.30. The number of benzene rings is 2. The van der Waals surface area contributed by atoms with Gasteiger partial charge >= 0.3 is 0 Å². The van der Waals surface area contributed by atoms with Crippen molar-refractivity contribution < 1.29 is 23.6 Å². The van der Waals surface area contributed by atoms with E-state index >= 15 is 0 Å². The molecule has 108 valence electrons. The van der Waals surface area contributed by atoms with Crippen molar-refractivity contribution in [3.05, 3.63) is 57.9 Å². The number of nitro groups is 1. The normalized spacial score (nSPS) is 10.0. The Morgan fingerprint density at radius 1 is 1.24 bits per heavy atom. The number of carbonyl (C=O) groups is 1. The van der Waals surface area contributed by atoms with Gasteiger partial charge in [-0.25, -0.2) is 4.39 Å². The number of methoxy groups -OCH3 is 1. The van der Waals surface area contributed by atoms with Crippen molar-refractivity contribution in [1.82, 2.24) is 0 Å². The van der Waals surface area contributed by atoms with Crippen LogP contribution in [-0.4, -0.2) is 18.3 Å². The van der Waals surface area contributed by atoms with Gasteiger partial charge in [0.1, 0.15) is 0 Å². The number of non-ortho nitro benzene ring substituents is 1. The van der Waals surface area contributed by atoms with Crippen molar-refractivity contribution in [3.8, 4) is 17.2 Å². The predicted molar refractivity (Wildman–Crippen MR) is 71.5 cm³/mol. The number of carbonyl (C=O) groups excluding carboxylic acids is 1. The number of ether oxygens (including phenoxy) is 2. The molecule has 0 saturated heterocycles. The lowest BCUT2D eigenvalue weighted by atomic mass is 10.2. The Kier molecular flexibility index (Phi) is 4.13. The van der Waals surface area contributed by atoms with Gasteiger partial charge in [-0.15, -0.1) is 0 Å². The van der Waals surface area contributed by atoms with E-state index in [0.29, 0.717) is 6.29 Å². The highest BCUT2D eigenvalue weighted by molar-refractivity contribution is 5.79. The van der Waals surface area contributed by atoms with E-state index in [1.165, 1.54) is 31.4 Å². The highest BCUT2D eigenvalue weighted by atomic mass is 19.1. The molecule has 0 aliphatic carbocycles. The molecule has 7 heteroatoms. The number of hydrogen-bond donors (Lipinski definition) is 0. The minimum atomic E-state index is -0.722. The molecule has 0 N–H and O–H groups in total.